The van der Waals surface area contributed by atoms with Crippen LogP contribution in [0.25, 0.3) is 55.6 Å². The molecule has 0 spiro atoms. The molecule has 254 valence electrons. The lowest BCUT2D eigenvalue weighted by molar-refractivity contribution is 0.170. The van der Waals surface area contributed by atoms with E-state index in [9.17, 15) is 0 Å². The van der Waals surface area contributed by atoms with Gasteiger partial charge in [0.05, 0.1) is 34.7 Å². The quantitative estimate of drug-likeness (QED) is 0.185. The number of hydrogen-bond donors (Lipinski definition) is 0. The van der Waals surface area contributed by atoms with Crippen LogP contribution in [0.3, 0.4) is 0 Å². The number of hydrogen-bond acceptors (Lipinski definition) is 5. The summed E-state index contributed by atoms with van der Waals surface area (Å²) in [6.07, 6.45) is 22.1. The largest absolute Gasteiger partial charge is 0.481 e. The molecule has 0 radical (unpaired) electrons. The van der Waals surface area contributed by atoms with Gasteiger partial charge in [-0.2, -0.15) is 0 Å². The van der Waals surface area contributed by atoms with Crippen LogP contribution in [0.5, 0.6) is 5.75 Å². The van der Waals surface area contributed by atoms with E-state index in [1.807, 2.05) is 30.9 Å². The predicted molar refractivity (Wildman–Crippen MR) is 213 cm³/mol. The zero-order valence-electron chi connectivity index (χ0n) is 29.4. The number of fused-ring (bicyclic) bond motifs is 9. The highest BCUT2D eigenvalue weighted by Gasteiger charge is 2.49. The van der Waals surface area contributed by atoms with Crippen molar-refractivity contribution in [3.63, 3.8) is 0 Å². The zero-order chi connectivity index (χ0) is 35.3. The van der Waals surface area contributed by atoms with Gasteiger partial charge in [0.2, 0.25) is 0 Å². The SMILES string of the molecule is CC12CC=C(N3c4cnccc4C4(C)C=CC=CC34)C=C1c1cccc(-c3cccc(-n4c5ccccc5c5cc(-c6cccnc6)ccc54)n3)c1O2. The summed E-state index contributed by atoms with van der Waals surface area (Å²) in [5, 5.41) is 2.37. The minimum Gasteiger partial charge on any atom is -0.481 e. The Balaban J connectivity index is 1.01. The van der Waals surface area contributed by atoms with E-state index in [0.29, 0.717) is 0 Å². The lowest BCUT2D eigenvalue weighted by Gasteiger charge is -2.37. The van der Waals surface area contributed by atoms with E-state index in [1.54, 1.807) is 0 Å². The van der Waals surface area contributed by atoms with Gasteiger partial charge in [0.15, 0.2) is 0 Å². The summed E-state index contributed by atoms with van der Waals surface area (Å²) in [5.41, 5.74) is 11.7. The predicted octanol–water partition coefficient (Wildman–Crippen LogP) is 10.4. The molecule has 2 aliphatic carbocycles. The fraction of sp³-hybridized carbons (Fsp3) is 0.128. The molecule has 6 nitrogen and oxygen atoms in total. The number of allylic oxidation sites excluding steroid dienone is 3. The minimum absolute atomic E-state index is 0.126. The second kappa shape index (κ2) is 11.0. The summed E-state index contributed by atoms with van der Waals surface area (Å²) in [4.78, 5) is 16.7. The normalized spacial score (nSPS) is 22.2. The molecule has 7 aromatic rings. The average Bonchev–Trinajstić information content (AvgIpc) is 3.80. The molecule has 0 bridgehead atoms. The van der Waals surface area contributed by atoms with Crippen LogP contribution in [0, 0.1) is 0 Å². The first kappa shape index (κ1) is 30.1. The summed E-state index contributed by atoms with van der Waals surface area (Å²) >= 11 is 0. The third-order valence-corrected chi connectivity index (χ3v) is 11.8. The van der Waals surface area contributed by atoms with Crippen LogP contribution in [0.1, 0.15) is 31.4 Å². The van der Waals surface area contributed by atoms with Crippen LogP contribution in [0.15, 0.2) is 164 Å². The van der Waals surface area contributed by atoms with Gasteiger partial charge < -0.3 is 9.64 Å². The molecule has 2 aliphatic heterocycles. The fourth-order valence-corrected chi connectivity index (χ4v) is 9.12. The maximum absolute atomic E-state index is 7.00. The zero-order valence-corrected chi connectivity index (χ0v) is 29.4. The summed E-state index contributed by atoms with van der Waals surface area (Å²) in [7, 11) is 0. The van der Waals surface area contributed by atoms with Crippen molar-refractivity contribution in [1.29, 1.82) is 0 Å². The van der Waals surface area contributed by atoms with Gasteiger partial charge in [0, 0.05) is 69.2 Å². The minimum atomic E-state index is -0.485. The van der Waals surface area contributed by atoms with Crippen LogP contribution in [0.4, 0.5) is 5.69 Å². The van der Waals surface area contributed by atoms with Crippen molar-refractivity contribution in [2.75, 3.05) is 4.90 Å². The van der Waals surface area contributed by atoms with Crippen molar-refractivity contribution in [3.8, 4) is 34.0 Å². The number of para-hydroxylation sites is 2. The van der Waals surface area contributed by atoms with E-state index in [-0.39, 0.29) is 11.5 Å². The monoisotopic (exact) mass is 685 g/mol. The Morgan fingerprint density at radius 2 is 1.62 bits per heavy atom. The maximum atomic E-state index is 7.00. The van der Waals surface area contributed by atoms with E-state index in [0.717, 1.165) is 62.7 Å². The molecule has 53 heavy (non-hydrogen) atoms. The van der Waals surface area contributed by atoms with Crippen molar-refractivity contribution in [2.45, 2.75) is 37.3 Å². The molecule has 0 fully saturated rings. The smallest absolute Gasteiger partial charge is 0.138 e. The molecule has 0 N–H and O–H groups in total. The number of pyridine rings is 3. The van der Waals surface area contributed by atoms with Gasteiger partial charge in [0.25, 0.3) is 0 Å². The molecule has 4 aromatic heterocycles. The molecule has 0 saturated heterocycles. The summed E-state index contributed by atoms with van der Waals surface area (Å²) < 4.78 is 9.27. The van der Waals surface area contributed by atoms with E-state index in [4.69, 9.17) is 9.72 Å². The van der Waals surface area contributed by atoms with Crippen LogP contribution in [0.2, 0.25) is 0 Å². The Bertz CT molecular complexity index is 2790. The number of nitrogens with zero attached hydrogens (tertiary/aromatic N) is 5. The fourth-order valence-electron chi connectivity index (χ4n) is 9.12. The van der Waals surface area contributed by atoms with Gasteiger partial charge in [0.1, 0.15) is 17.2 Å². The van der Waals surface area contributed by atoms with Gasteiger partial charge in [-0.25, -0.2) is 4.98 Å². The Morgan fingerprint density at radius 1 is 0.755 bits per heavy atom. The van der Waals surface area contributed by atoms with Gasteiger partial charge >= 0.3 is 0 Å². The third kappa shape index (κ3) is 4.29. The standard InChI is InChI=1S/C47H35N5O/c1-46-22-6-5-16-43(46)51(42-29-49-25-21-37(42)46)32-20-23-47(2)38(27-32)34-12-7-13-35(45(34)53-47)39-14-8-17-44(50-39)52-40-15-4-3-11-33(40)36-26-30(18-19-41(36)52)31-10-9-24-48-28-31/h3-22,24-29,43H,23H2,1-2H3. The van der Waals surface area contributed by atoms with Crippen LogP contribution in [-0.4, -0.2) is 31.2 Å². The molecule has 4 aliphatic rings. The molecule has 3 atom stereocenters. The number of anilines is 1. The molecule has 0 amide bonds. The highest BCUT2D eigenvalue weighted by atomic mass is 16.5. The summed E-state index contributed by atoms with van der Waals surface area (Å²) in [5.74, 6) is 1.75. The van der Waals surface area contributed by atoms with Crippen molar-refractivity contribution in [1.82, 2.24) is 19.5 Å². The van der Waals surface area contributed by atoms with Crippen molar-refractivity contribution >= 4 is 33.1 Å². The third-order valence-electron chi connectivity index (χ3n) is 11.8. The molecule has 6 heterocycles. The van der Waals surface area contributed by atoms with E-state index >= 15 is 0 Å². The molecule has 3 aromatic carbocycles. The first-order chi connectivity index (χ1) is 26.0. The lowest BCUT2D eigenvalue weighted by atomic mass is 9.76. The van der Waals surface area contributed by atoms with Crippen molar-refractivity contribution in [2.24, 2.45) is 0 Å². The van der Waals surface area contributed by atoms with Crippen molar-refractivity contribution in [3.05, 3.63) is 175 Å². The van der Waals surface area contributed by atoms with E-state index in [2.05, 4.69) is 161 Å². The molecular formula is C47H35N5O. The van der Waals surface area contributed by atoms with E-state index in [1.165, 1.54) is 27.6 Å². The van der Waals surface area contributed by atoms with Gasteiger partial charge in [-0.1, -0.05) is 78.9 Å². The first-order valence-corrected chi connectivity index (χ1v) is 18.3. The second-order valence-corrected chi connectivity index (χ2v) is 14.8. The number of ether oxygens (including phenoxy) is 1. The molecule has 11 rings (SSSR count). The number of rotatable bonds is 4. The first-order valence-electron chi connectivity index (χ1n) is 18.3. The highest BCUT2D eigenvalue weighted by Crippen LogP contribution is 2.55. The van der Waals surface area contributed by atoms with Gasteiger partial charge in [-0.05, 0) is 79.6 Å². The van der Waals surface area contributed by atoms with Gasteiger partial charge in [-0.3, -0.25) is 14.5 Å². The van der Waals surface area contributed by atoms with Gasteiger partial charge in [-0.15, -0.1) is 0 Å². The summed E-state index contributed by atoms with van der Waals surface area (Å²) in [6, 6.07) is 34.4. The number of aromatic nitrogens is 4. The Kier molecular flexibility index (Phi) is 6.25. The van der Waals surface area contributed by atoms with Crippen molar-refractivity contribution < 1.29 is 4.74 Å². The Morgan fingerprint density at radius 3 is 2.55 bits per heavy atom. The number of benzene rings is 3. The lowest BCUT2D eigenvalue weighted by Crippen LogP contribution is -2.42. The Hall–Kier alpha value is -6.53. The maximum Gasteiger partial charge on any atom is 0.138 e. The molecular weight excluding hydrogens is 651 g/mol. The molecule has 0 saturated carbocycles. The van der Waals surface area contributed by atoms with E-state index < -0.39 is 5.60 Å². The topological polar surface area (TPSA) is 56.1 Å². The van der Waals surface area contributed by atoms with Crippen LogP contribution >= 0.6 is 0 Å². The molecule has 6 heteroatoms. The second-order valence-electron chi connectivity index (χ2n) is 14.8. The van der Waals surface area contributed by atoms with Crippen LogP contribution in [-0.2, 0) is 5.41 Å². The highest BCUT2D eigenvalue weighted by molar-refractivity contribution is 6.10. The van der Waals surface area contributed by atoms with Crippen LogP contribution < -0.4 is 9.64 Å². The molecule has 3 unspecified atom stereocenters. The summed E-state index contributed by atoms with van der Waals surface area (Å²) in [6.45, 7) is 4.54. The Labute approximate surface area is 307 Å². The average molecular weight is 686 g/mol.